The molecule has 2 heteroatoms. The normalized spacial score (nSPS) is 12.8. The van der Waals surface area contributed by atoms with E-state index in [9.17, 15) is 5.11 Å². The van der Waals surface area contributed by atoms with Crippen molar-refractivity contribution in [2.75, 3.05) is 5.88 Å². The summed E-state index contributed by atoms with van der Waals surface area (Å²) >= 11 is 5.54. The fraction of sp³-hybridized carbons (Fsp3) is 0.455. The Hall–Kier alpha value is -0.530. The molecule has 0 aliphatic heterocycles. The Labute approximate surface area is 84.4 Å². The van der Waals surface area contributed by atoms with Gasteiger partial charge in [0.05, 0.1) is 6.10 Å². The van der Waals surface area contributed by atoms with Crippen molar-refractivity contribution >= 4 is 11.6 Å². The zero-order valence-corrected chi connectivity index (χ0v) is 8.59. The van der Waals surface area contributed by atoms with Crippen LogP contribution in [0.4, 0.5) is 0 Å². The minimum Gasteiger partial charge on any atom is -0.388 e. The van der Waals surface area contributed by atoms with Gasteiger partial charge in [-0.25, -0.2) is 0 Å². The highest BCUT2D eigenvalue weighted by Crippen LogP contribution is 2.17. The number of aryl methyl sites for hydroxylation is 1. The first-order valence-corrected chi connectivity index (χ1v) is 5.14. The first-order valence-electron chi connectivity index (χ1n) is 4.60. The minimum absolute atomic E-state index is 0.414. The van der Waals surface area contributed by atoms with Gasteiger partial charge in [0, 0.05) is 5.88 Å². The Bertz CT molecular complexity index is 243. The molecule has 1 aromatic rings. The Balaban J connectivity index is 2.67. The van der Waals surface area contributed by atoms with Gasteiger partial charge in [0.2, 0.25) is 0 Å². The molecule has 0 fully saturated rings. The van der Waals surface area contributed by atoms with Crippen LogP contribution in [0.5, 0.6) is 0 Å². The van der Waals surface area contributed by atoms with Gasteiger partial charge in [-0.1, -0.05) is 31.2 Å². The van der Waals surface area contributed by atoms with Gasteiger partial charge in [0.1, 0.15) is 0 Å². The molecular weight excluding hydrogens is 184 g/mol. The second-order valence-electron chi connectivity index (χ2n) is 3.09. The number of alkyl halides is 1. The molecule has 0 aliphatic carbocycles. The topological polar surface area (TPSA) is 20.2 Å². The van der Waals surface area contributed by atoms with Crippen LogP contribution in [0.25, 0.3) is 0 Å². The van der Waals surface area contributed by atoms with E-state index in [1.807, 2.05) is 24.3 Å². The molecule has 0 spiro atoms. The van der Waals surface area contributed by atoms with Gasteiger partial charge >= 0.3 is 0 Å². The van der Waals surface area contributed by atoms with E-state index >= 15 is 0 Å². The molecule has 0 aromatic heterocycles. The van der Waals surface area contributed by atoms with Gasteiger partial charge in [-0.3, -0.25) is 0 Å². The van der Waals surface area contributed by atoms with Gasteiger partial charge in [0.15, 0.2) is 0 Å². The number of benzene rings is 1. The lowest BCUT2D eigenvalue weighted by Gasteiger charge is -2.09. The molecule has 1 aromatic carbocycles. The average molecular weight is 199 g/mol. The number of rotatable bonds is 4. The molecule has 0 saturated carbocycles. The molecule has 1 N–H and O–H groups in total. The Morgan fingerprint density at radius 2 is 1.92 bits per heavy atom. The van der Waals surface area contributed by atoms with Gasteiger partial charge in [-0.15, -0.1) is 11.6 Å². The summed E-state index contributed by atoms with van der Waals surface area (Å²) in [5.74, 6) is 0.497. The van der Waals surface area contributed by atoms with Crippen molar-refractivity contribution < 1.29 is 5.11 Å². The summed E-state index contributed by atoms with van der Waals surface area (Å²) in [6, 6.07) is 8.03. The first-order chi connectivity index (χ1) is 6.27. The number of aliphatic hydroxyl groups excluding tert-OH is 1. The number of halogens is 1. The Morgan fingerprint density at radius 3 is 2.38 bits per heavy atom. The van der Waals surface area contributed by atoms with Crippen molar-refractivity contribution in [2.24, 2.45) is 0 Å². The van der Waals surface area contributed by atoms with Crippen LogP contribution in [0, 0.1) is 0 Å². The Kier molecular flexibility index (Phi) is 4.26. The van der Waals surface area contributed by atoms with Crippen molar-refractivity contribution in [3.05, 3.63) is 35.4 Å². The van der Waals surface area contributed by atoms with Crippen molar-refractivity contribution in [2.45, 2.75) is 25.9 Å². The van der Waals surface area contributed by atoms with E-state index in [4.69, 9.17) is 11.6 Å². The molecule has 13 heavy (non-hydrogen) atoms. The predicted molar refractivity (Wildman–Crippen MR) is 56.1 cm³/mol. The van der Waals surface area contributed by atoms with E-state index < -0.39 is 6.10 Å². The largest absolute Gasteiger partial charge is 0.388 e. The molecule has 0 aliphatic rings. The van der Waals surface area contributed by atoms with Crippen LogP contribution in [0.15, 0.2) is 24.3 Å². The highest BCUT2D eigenvalue weighted by Gasteiger charge is 2.05. The highest BCUT2D eigenvalue weighted by molar-refractivity contribution is 6.17. The minimum atomic E-state index is -0.414. The van der Waals surface area contributed by atoms with E-state index in [-0.39, 0.29) is 0 Å². The van der Waals surface area contributed by atoms with E-state index in [1.165, 1.54) is 5.56 Å². The maximum atomic E-state index is 9.60. The van der Waals surface area contributed by atoms with Crippen LogP contribution < -0.4 is 0 Å². The molecule has 1 rings (SSSR count). The molecule has 0 saturated heterocycles. The maximum Gasteiger partial charge on any atom is 0.0801 e. The van der Waals surface area contributed by atoms with Crippen LogP contribution >= 0.6 is 11.6 Å². The summed E-state index contributed by atoms with van der Waals surface area (Å²) in [5, 5.41) is 9.60. The van der Waals surface area contributed by atoms with Crippen molar-refractivity contribution in [1.82, 2.24) is 0 Å². The standard InChI is InChI=1S/C11H15ClO/c1-2-9-3-5-10(6-4-9)11(13)7-8-12/h3-6,11,13H,2,7-8H2,1H3/t11-/m0/s1. The van der Waals surface area contributed by atoms with Gasteiger partial charge < -0.3 is 5.11 Å². The number of hydrogen-bond donors (Lipinski definition) is 1. The number of hydrogen-bond acceptors (Lipinski definition) is 1. The number of aliphatic hydroxyl groups is 1. The van der Waals surface area contributed by atoms with Crippen LogP contribution in [0.2, 0.25) is 0 Å². The summed E-state index contributed by atoms with van der Waals surface area (Å²) < 4.78 is 0. The monoisotopic (exact) mass is 198 g/mol. The van der Waals surface area contributed by atoms with E-state index in [0.29, 0.717) is 12.3 Å². The molecule has 0 bridgehead atoms. The lowest BCUT2D eigenvalue weighted by atomic mass is 10.0. The zero-order chi connectivity index (χ0) is 9.68. The lowest BCUT2D eigenvalue weighted by molar-refractivity contribution is 0.174. The van der Waals surface area contributed by atoms with Crippen LogP contribution in [0.3, 0.4) is 0 Å². The summed E-state index contributed by atoms with van der Waals surface area (Å²) in [4.78, 5) is 0. The quantitative estimate of drug-likeness (QED) is 0.738. The third kappa shape index (κ3) is 3.02. The van der Waals surface area contributed by atoms with E-state index in [2.05, 4.69) is 6.92 Å². The highest BCUT2D eigenvalue weighted by atomic mass is 35.5. The van der Waals surface area contributed by atoms with Gasteiger partial charge in [-0.2, -0.15) is 0 Å². The average Bonchev–Trinajstić information content (AvgIpc) is 2.18. The predicted octanol–water partition coefficient (Wildman–Crippen LogP) is 2.91. The van der Waals surface area contributed by atoms with Crippen molar-refractivity contribution in [3.63, 3.8) is 0 Å². The molecular formula is C11H15ClO. The summed E-state index contributed by atoms with van der Waals surface area (Å²) in [5.41, 5.74) is 2.25. The molecule has 1 nitrogen and oxygen atoms in total. The Morgan fingerprint density at radius 1 is 1.31 bits per heavy atom. The maximum absolute atomic E-state index is 9.60. The third-order valence-electron chi connectivity index (χ3n) is 2.16. The molecule has 1 atom stereocenters. The van der Waals surface area contributed by atoms with Gasteiger partial charge in [0.25, 0.3) is 0 Å². The summed E-state index contributed by atoms with van der Waals surface area (Å²) in [6.07, 6.45) is 1.24. The van der Waals surface area contributed by atoms with Crippen LogP contribution in [0.1, 0.15) is 30.6 Å². The van der Waals surface area contributed by atoms with Crippen LogP contribution in [-0.4, -0.2) is 11.0 Å². The molecule has 0 heterocycles. The lowest BCUT2D eigenvalue weighted by Crippen LogP contribution is -1.97. The molecule has 0 amide bonds. The fourth-order valence-electron chi connectivity index (χ4n) is 1.25. The van der Waals surface area contributed by atoms with Crippen molar-refractivity contribution in [3.8, 4) is 0 Å². The van der Waals surface area contributed by atoms with Gasteiger partial charge in [-0.05, 0) is 24.0 Å². The second kappa shape index (κ2) is 5.25. The molecule has 0 unspecified atom stereocenters. The molecule has 0 radical (unpaired) electrons. The van der Waals surface area contributed by atoms with E-state index in [1.54, 1.807) is 0 Å². The fourth-order valence-corrected chi connectivity index (χ4v) is 1.45. The summed E-state index contributed by atoms with van der Waals surface area (Å²) in [6.45, 7) is 2.12. The van der Waals surface area contributed by atoms with E-state index in [0.717, 1.165) is 12.0 Å². The third-order valence-corrected chi connectivity index (χ3v) is 2.37. The smallest absolute Gasteiger partial charge is 0.0801 e. The van der Waals surface area contributed by atoms with Crippen molar-refractivity contribution in [1.29, 1.82) is 0 Å². The molecule has 72 valence electrons. The SMILES string of the molecule is CCc1ccc([C@@H](O)CCCl)cc1. The first kappa shape index (κ1) is 10.6. The van der Waals surface area contributed by atoms with Crippen LogP contribution in [-0.2, 0) is 6.42 Å². The zero-order valence-electron chi connectivity index (χ0n) is 7.83. The second-order valence-corrected chi connectivity index (χ2v) is 3.47. The summed E-state index contributed by atoms with van der Waals surface area (Å²) in [7, 11) is 0.